The molecule has 0 saturated heterocycles. The number of methoxy groups -OCH3 is 1. The number of hydrogen-bond donors (Lipinski definition) is 1. The Morgan fingerprint density at radius 1 is 1.20 bits per heavy atom. The smallest absolute Gasteiger partial charge is 0.256 e. The van der Waals surface area contributed by atoms with Crippen LogP contribution in [0.25, 0.3) is 0 Å². The third kappa shape index (κ3) is 4.17. The lowest BCUT2D eigenvalue weighted by molar-refractivity contribution is -0.143. The van der Waals surface area contributed by atoms with E-state index in [0.29, 0.717) is 12.0 Å². The Bertz CT molecular complexity index is 609. The maximum atomic E-state index is 12.9. The molecule has 2 fully saturated rings. The Labute approximate surface area is 151 Å². The molecular formula is C21H31NO3. The van der Waals surface area contributed by atoms with Crippen molar-refractivity contribution in [3.8, 4) is 5.75 Å². The molecular weight excluding hydrogens is 314 g/mol. The molecule has 1 N–H and O–H groups in total. The summed E-state index contributed by atoms with van der Waals surface area (Å²) in [6.45, 7) is 4.23. The highest BCUT2D eigenvalue weighted by molar-refractivity contribution is 5.97. The summed E-state index contributed by atoms with van der Waals surface area (Å²) in [4.78, 5) is 12.9. The van der Waals surface area contributed by atoms with E-state index in [9.17, 15) is 4.79 Å². The fourth-order valence-electron chi connectivity index (χ4n) is 4.28. The highest BCUT2D eigenvalue weighted by Gasteiger charge is 2.42. The first-order valence-electron chi connectivity index (χ1n) is 9.66. The lowest BCUT2D eigenvalue weighted by Gasteiger charge is -2.37. The summed E-state index contributed by atoms with van der Waals surface area (Å²) in [7, 11) is 1.65. The van der Waals surface area contributed by atoms with Gasteiger partial charge in [0.25, 0.3) is 5.91 Å². The minimum Gasteiger partial charge on any atom is -0.490 e. The number of nitrogens with one attached hydrogen (secondary N) is 1. The van der Waals surface area contributed by atoms with E-state index in [1.807, 2.05) is 25.1 Å². The Hall–Kier alpha value is -1.55. The van der Waals surface area contributed by atoms with E-state index in [1.54, 1.807) is 7.11 Å². The van der Waals surface area contributed by atoms with E-state index in [-0.39, 0.29) is 5.91 Å². The normalized spacial score (nSPS) is 27.2. The number of ether oxygens (including phenoxy) is 2. The fourth-order valence-corrected chi connectivity index (χ4v) is 4.28. The summed E-state index contributed by atoms with van der Waals surface area (Å²) in [6.07, 6.45) is 8.95. The molecule has 2 aliphatic carbocycles. The number of benzene rings is 1. The van der Waals surface area contributed by atoms with Crippen LogP contribution in [0.3, 0.4) is 0 Å². The molecule has 0 aliphatic heterocycles. The van der Waals surface area contributed by atoms with E-state index in [0.717, 1.165) is 49.1 Å². The molecule has 25 heavy (non-hydrogen) atoms. The van der Waals surface area contributed by atoms with Gasteiger partial charge in [-0.25, -0.2) is 0 Å². The molecule has 1 aromatic rings. The van der Waals surface area contributed by atoms with E-state index in [1.165, 1.54) is 19.3 Å². The fraction of sp³-hybridized carbons (Fsp3) is 0.667. The van der Waals surface area contributed by atoms with Crippen LogP contribution in [-0.4, -0.2) is 24.7 Å². The Kier molecular flexibility index (Phi) is 5.67. The maximum absolute atomic E-state index is 12.9. The van der Waals surface area contributed by atoms with Crippen molar-refractivity contribution < 1.29 is 14.3 Å². The van der Waals surface area contributed by atoms with E-state index >= 15 is 0 Å². The molecule has 4 nitrogen and oxygen atoms in total. The molecule has 2 saturated carbocycles. The minimum absolute atomic E-state index is 0.0228. The zero-order chi connectivity index (χ0) is 17.9. The zero-order valence-corrected chi connectivity index (χ0v) is 15.8. The predicted molar refractivity (Wildman–Crippen MR) is 100 cm³/mol. The molecule has 0 bridgehead atoms. The van der Waals surface area contributed by atoms with Crippen molar-refractivity contribution in [2.75, 3.05) is 12.4 Å². The molecule has 0 heterocycles. The second kappa shape index (κ2) is 7.77. The third-order valence-corrected chi connectivity index (χ3v) is 5.79. The molecule has 0 unspecified atom stereocenters. The Balaban J connectivity index is 1.67. The number of rotatable bonds is 5. The van der Waals surface area contributed by atoms with Gasteiger partial charge in [0.2, 0.25) is 0 Å². The first-order valence-corrected chi connectivity index (χ1v) is 9.66. The molecule has 0 spiro atoms. The van der Waals surface area contributed by atoms with Crippen LogP contribution < -0.4 is 10.1 Å². The number of carbonyl (C=O) groups excluding carboxylic acids is 1. The molecule has 4 heteroatoms. The van der Waals surface area contributed by atoms with Gasteiger partial charge in [0.05, 0.1) is 6.10 Å². The number of carbonyl (C=O) groups is 1. The van der Waals surface area contributed by atoms with Gasteiger partial charge in [-0.05, 0) is 81.5 Å². The van der Waals surface area contributed by atoms with Gasteiger partial charge >= 0.3 is 0 Å². The van der Waals surface area contributed by atoms with Crippen LogP contribution in [-0.2, 0) is 9.53 Å². The van der Waals surface area contributed by atoms with Gasteiger partial charge in [0.15, 0.2) is 0 Å². The molecule has 1 aromatic carbocycles. The highest BCUT2D eigenvalue weighted by Crippen LogP contribution is 2.36. The lowest BCUT2D eigenvalue weighted by atomic mass is 9.78. The molecule has 0 aromatic heterocycles. The first-order chi connectivity index (χ1) is 12.0. The van der Waals surface area contributed by atoms with Gasteiger partial charge < -0.3 is 14.8 Å². The average molecular weight is 345 g/mol. The zero-order valence-electron chi connectivity index (χ0n) is 15.8. The molecule has 138 valence electrons. The maximum Gasteiger partial charge on any atom is 0.256 e. The number of aryl methyl sites for hydroxylation is 1. The number of amides is 1. The number of hydrogen-bond acceptors (Lipinski definition) is 3. The molecule has 3 rings (SSSR count). The van der Waals surface area contributed by atoms with Gasteiger partial charge in [0, 0.05) is 12.8 Å². The van der Waals surface area contributed by atoms with Crippen molar-refractivity contribution in [2.24, 2.45) is 5.92 Å². The van der Waals surface area contributed by atoms with Gasteiger partial charge in [0.1, 0.15) is 11.4 Å². The van der Waals surface area contributed by atoms with Crippen molar-refractivity contribution >= 4 is 11.6 Å². The molecule has 2 atom stereocenters. The van der Waals surface area contributed by atoms with Crippen LogP contribution in [0.15, 0.2) is 18.2 Å². The monoisotopic (exact) mass is 345 g/mol. The van der Waals surface area contributed by atoms with Crippen molar-refractivity contribution in [3.05, 3.63) is 23.8 Å². The summed E-state index contributed by atoms with van der Waals surface area (Å²) in [5.74, 6) is 1.42. The highest BCUT2D eigenvalue weighted by atomic mass is 16.5. The topological polar surface area (TPSA) is 47.6 Å². The largest absolute Gasteiger partial charge is 0.490 e. The van der Waals surface area contributed by atoms with E-state index in [2.05, 4.69) is 12.2 Å². The summed E-state index contributed by atoms with van der Waals surface area (Å²) in [5, 5.41) is 3.07. The summed E-state index contributed by atoms with van der Waals surface area (Å²) in [5.41, 5.74) is 1.19. The summed E-state index contributed by atoms with van der Waals surface area (Å²) < 4.78 is 11.8. The van der Waals surface area contributed by atoms with Crippen LogP contribution in [0.2, 0.25) is 0 Å². The van der Waals surface area contributed by atoms with Crippen molar-refractivity contribution in [3.63, 3.8) is 0 Å². The summed E-state index contributed by atoms with van der Waals surface area (Å²) >= 11 is 0. The standard InChI is InChI=1S/C21H31NO3/c1-15-7-6-12-21(14-15,24-3)20(23)22-17-10-11-19(16(2)13-17)25-18-8-4-5-9-18/h10-11,13,15,18H,4-9,12,14H2,1-3H3,(H,22,23)/t15-,21-/m1/s1. The van der Waals surface area contributed by atoms with Crippen molar-refractivity contribution in [1.82, 2.24) is 0 Å². The van der Waals surface area contributed by atoms with Crippen LogP contribution in [0, 0.1) is 12.8 Å². The lowest BCUT2D eigenvalue weighted by Crippen LogP contribution is -2.47. The second-order valence-corrected chi connectivity index (χ2v) is 7.86. The Morgan fingerprint density at radius 3 is 2.60 bits per heavy atom. The van der Waals surface area contributed by atoms with Crippen molar-refractivity contribution in [2.45, 2.75) is 76.9 Å². The third-order valence-electron chi connectivity index (χ3n) is 5.79. The molecule has 0 radical (unpaired) electrons. The minimum atomic E-state index is -0.690. The average Bonchev–Trinajstić information content (AvgIpc) is 3.10. The first kappa shape index (κ1) is 18.2. The van der Waals surface area contributed by atoms with E-state index < -0.39 is 5.60 Å². The second-order valence-electron chi connectivity index (χ2n) is 7.86. The predicted octanol–water partition coefficient (Wildman–Crippen LogP) is 4.85. The van der Waals surface area contributed by atoms with Crippen LogP contribution in [0.4, 0.5) is 5.69 Å². The van der Waals surface area contributed by atoms with Gasteiger partial charge in [-0.15, -0.1) is 0 Å². The van der Waals surface area contributed by atoms with Crippen LogP contribution in [0.1, 0.15) is 63.9 Å². The SMILES string of the molecule is CO[C@]1(C(=O)Nc2ccc(OC3CCCC3)c(C)c2)CCC[C@@H](C)C1. The quantitative estimate of drug-likeness (QED) is 0.830. The Morgan fingerprint density at radius 2 is 1.96 bits per heavy atom. The number of anilines is 1. The van der Waals surface area contributed by atoms with Gasteiger partial charge in [-0.3, -0.25) is 4.79 Å². The van der Waals surface area contributed by atoms with Gasteiger partial charge in [-0.2, -0.15) is 0 Å². The summed E-state index contributed by atoms with van der Waals surface area (Å²) in [6, 6.07) is 5.91. The van der Waals surface area contributed by atoms with Crippen molar-refractivity contribution in [1.29, 1.82) is 0 Å². The van der Waals surface area contributed by atoms with Gasteiger partial charge in [-0.1, -0.05) is 13.3 Å². The van der Waals surface area contributed by atoms with Crippen LogP contribution >= 0.6 is 0 Å². The van der Waals surface area contributed by atoms with Crippen LogP contribution in [0.5, 0.6) is 5.75 Å². The molecule has 1 amide bonds. The molecule has 2 aliphatic rings. The van der Waals surface area contributed by atoms with E-state index in [4.69, 9.17) is 9.47 Å².